The van der Waals surface area contributed by atoms with Gasteiger partial charge in [0.05, 0.1) is 15.8 Å². The predicted molar refractivity (Wildman–Crippen MR) is 100 cm³/mol. The number of hydrogen-bond donors (Lipinski definition) is 2. The quantitative estimate of drug-likeness (QED) is 0.795. The molecule has 8 heteroatoms. The summed E-state index contributed by atoms with van der Waals surface area (Å²) in [5, 5.41) is 4.03. The Morgan fingerprint density at radius 2 is 1.67 bits per heavy atom. The van der Waals surface area contributed by atoms with Gasteiger partial charge < -0.3 is 5.32 Å². The van der Waals surface area contributed by atoms with Crippen molar-refractivity contribution in [3.8, 4) is 0 Å². The van der Waals surface area contributed by atoms with E-state index >= 15 is 0 Å². The van der Waals surface area contributed by atoms with Crippen LogP contribution in [0.5, 0.6) is 0 Å². The molecule has 24 heavy (non-hydrogen) atoms. The molecule has 0 saturated carbocycles. The fourth-order valence-corrected chi connectivity index (χ4v) is 3.98. The summed E-state index contributed by atoms with van der Waals surface area (Å²) in [5.41, 5.74) is 4.05. The Bertz CT molecular complexity index is 841. The summed E-state index contributed by atoms with van der Waals surface area (Å²) in [6.07, 6.45) is 0. The third-order valence-corrected chi connectivity index (χ3v) is 5.78. The average molecular weight is 408 g/mol. The highest BCUT2D eigenvalue weighted by molar-refractivity contribution is 7.88. The maximum atomic E-state index is 12.2. The second-order valence-electron chi connectivity index (χ2n) is 5.54. The van der Waals surface area contributed by atoms with Crippen molar-refractivity contribution in [3.63, 3.8) is 0 Å². The van der Waals surface area contributed by atoms with Crippen molar-refractivity contribution in [1.29, 1.82) is 0 Å². The van der Waals surface area contributed by atoms with Crippen LogP contribution in [0, 0.1) is 0 Å². The Balaban J connectivity index is 0.00000208. The van der Waals surface area contributed by atoms with E-state index in [1.165, 1.54) is 11.1 Å². The van der Waals surface area contributed by atoms with E-state index in [-0.39, 0.29) is 24.7 Å². The summed E-state index contributed by atoms with van der Waals surface area (Å²) in [4.78, 5) is 0. The van der Waals surface area contributed by atoms with Crippen molar-refractivity contribution in [2.24, 2.45) is 0 Å². The summed E-state index contributed by atoms with van der Waals surface area (Å²) < 4.78 is 27.0. The lowest BCUT2D eigenvalue weighted by Crippen LogP contribution is -2.24. The van der Waals surface area contributed by atoms with E-state index in [1.54, 1.807) is 18.2 Å². The zero-order valence-electron chi connectivity index (χ0n) is 12.7. The molecule has 0 radical (unpaired) electrons. The standard InChI is InChI=1S/C16H16Cl2N2O2S.ClH/c17-15-4-2-12(6-16(15)18)10-23(21,22)20-7-11-1-3-13-8-19-9-14(13)5-11;/h1-6,19-20H,7-10H2;1H. The summed E-state index contributed by atoms with van der Waals surface area (Å²) >= 11 is 11.8. The van der Waals surface area contributed by atoms with Crippen LogP contribution in [0.4, 0.5) is 0 Å². The number of nitrogens with one attached hydrogen (secondary N) is 2. The molecule has 3 rings (SSSR count). The van der Waals surface area contributed by atoms with E-state index in [4.69, 9.17) is 23.2 Å². The van der Waals surface area contributed by atoms with Crippen molar-refractivity contribution in [3.05, 3.63) is 68.7 Å². The van der Waals surface area contributed by atoms with Gasteiger partial charge in [0.25, 0.3) is 0 Å². The van der Waals surface area contributed by atoms with Crippen molar-refractivity contribution in [2.75, 3.05) is 0 Å². The maximum Gasteiger partial charge on any atom is 0.216 e. The fraction of sp³-hybridized carbons (Fsp3) is 0.250. The molecular weight excluding hydrogens is 391 g/mol. The van der Waals surface area contributed by atoms with Crippen molar-refractivity contribution < 1.29 is 8.42 Å². The first-order valence-electron chi connectivity index (χ1n) is 7.16. The van der Waals surface area contributed by atoms with Crippen LogP contribution < -0.4 is 10.0 Å². The topological polar surface area (TPSA) is 58.2 Å². The lowest BCUT2D eigenvalue weighted by atomic mass is 10.1. The molecule has 2 aromatic rings. The zero-order valence-corrected chi connectivity index (χ0v) is 15.8. The third kappa shape index (κ3) is 4.85. The molecule has 0 aromatic heterocycles. The Kier molecular flexibility index (Phi) is 6.53. The van der Waals surface area contributed by atoms with Crippen molar-refractivity contribution in [2.45, 2.75) is 25.4 Å². The molecule has 2 aromatic carbocycles. The van der Waals surface area contributed by atoms with Gasteiger partial charge in [-0.05, 0) is 34.4 Å². The molecule has 0 bridgehead atoms. The number of rotatable bonds is 5. The van der Waals surface area contributed by atoms with Crippen LogP contribution in [0.2, 0.25) is 10.0 Å². The molecule has 4 nitrogen and oxygen atoms in total. The molecule has 0 fully saturated rings. The molecule has 0 amide bonds. The monoisotopic (exact) mass is 406 g/mol. The van der Waals surface area contributed by atoms with Crippen LogP contribution in [0.15, 0.2) is 36.4 Å². The van der Waals surface area contributed by atoms with E-state index in [1.807, 2.05) is 18.2 Å². The summed E-state index contributed by atoms with van der Waals surface area (Å²) in [7, 11) is -3.44. The average Bonchev–Trinajstić information content (AvgIpc) is 2.96. The van der Waals surface area contributed by atoms with Gasteiger partial charge in [-0.2, -0.15) is 0 Å². The lowest BCUT2D eigenvalue weighted by molar-refractivity contribution is 0.580. The molecule has 0 atom stereocenters. The van der Waals surface area contributed by atoms with Gasteiger partial charge >= 0.3 is 0 Å². The van der Waals surface area contributed by atoms with Crippen LogP contribution in [0.3, 0.4) is 0 Å². The van der Waals surface area contributed by atoms with Crippen LogP contribution >= 0.6 is 35.6 Å². The van der Waals surface area contributed by atoms with E-state index < -0.39 is 10.0 Å². The number of halogens is 3. The normalized spacial score (nSPS) is 13.4. The molecule has 0 aliphatic carbocycles. The van der Waals surface area contributed by atoms with Gasteiger partial charge in [-0.15, -0.1) is 12.4 Å². The van der Waals surface area contributed by atoms with Crippen LogP contribution in [0.25, 0.3) is 0 Å². The minimum absolute atomic E-state index is 0. The highest BCUT2D eigenvalue weighted by atomic mass is 35.5. The molecule has 130 valence electrons. The Morgan fingerprint density at radius 1 is 0.958 bits per heavy atom. The van der Waals surface area contributed by atoms with E-state index in [9.17, 15) is 8.42 Å². The van der Waals surface area contributed by atoms with Gasteiger partial charge in [0.2, 0.25) is 10.0 Å². The van der Waals surface area contributed by atoms with E-state index in [0.717, 1.165) is 18.7 Å². The largest absolute Gasteiger partial charge is 0.309 e. The van der Waals surface area contributed by atoms with Gasteiger partial charge in [0.15, 0.2) is 0 Å². The Morgan fingerprint density at radius 3 is 2.42 bits per heavy atom. The third-order valence-electron chi connectivity index (χ3n) is 3.74. The molecule has 0 unspecified atom stereocenters. The molecule has 1 heterocycles. The van der Waals surface area contributed by atoms with Gasteiger partial charge in [-0.1, -0.05) is 47.5 Å². The van der Waals surface area contributed by atoms with Crippen molar-refractivity contribution in [1.82, 2.24) is 10.0 Å². The SMILES string of the molecule is Cl.O=S(=O)(Cc1ccc(Cl)c(Cl)c1)NCc1ccc2c(c1)CNC2. The molecule has 0 saturated heterocycles. The van der Waals surface area contributed by atoms with Crippen LogP contribution in [-0.2, 0) is 35.4 Å². The number of hydrogen-bond acceptors (Lipinski definition) is 3. The number of benzene rings is 2. The summed E-state index contributed by atoms with van der Waals surface area (Å²) in [5.74, 6) is -0.129. The van der Waals surface area contributed by atoms with Gasteiger partial charge in [-0.25, -0.2) is 13.1 Å². The second kappa shape index (κ2) is 8.04. The predicted octanol–water partition coefficient (Wildman–Crippen LogP) is 3.64. The number of sulfonamides is 1. The first-order chi connectivity index (χ1) is 10.9. The summed E-state index contributed by atoms with van der Waals surface area (Å²) in [6, 6.07) is 10.9. The van der Waals surface area contributed by atoms with Gasteiger partial charge in [-0.3, -0.25) is 0 Å². The molecule has 1 aliphatic rings. The Hall–Kier alpha value is -0.820. The minimum Gasteiger partial charge on any atom is -0.309 e. The van der Waals surface area contributed by atoms with Gasteiger partial charge in [0.1, 0.15) is 0 Å². The Labute approximate surface area is 158 Å². The smallest absolute Gasteiger partial charge is 0.216 e. The molecule has 2 N–H and O–H groups in total. The van der Waals surface area contributed by atoms with E-state index in [0.29, 0.717) is 15.6 Å². The second-order valence-corrected chi connectivity index (χ2v) is 8.16. The molecular formula is C16H17Cl3N2O2S. The molecule has 0 spiro atoms. The first-order valence-corrected chi connectivity index (χ1v) is 9.56. The number of fused-ring (bicyclic) bond motifs is 1. The zero-order chi connectivity index (χ0) is 16.4. The minimum atomic E-state index is -3.44. The maximum absolute atomic E-state index is 12.2. The fourth-order valence-electron chi connectivity index (χ4n) is 2.55. The first kappa shape index (κ1) is 19.5. The molecule has 1 aliphatic heterocycles. The van der Waals surface area contributed by atoms with Crippen LogP contribution in [0.1, 0.15) is 22.3 Å². The van der Waals surface area contributed by atoms with Crippen molar-refractivity contribution >= 4 is 45.6 Å². The van der Waals surface area contributed by atoms with E-state index in [2.05, 4.69) is 10.0 Å². The highest BCUT2D eigenvalue weighted by Gasteiger charge is 2.14. The lowest BCUT2D eigenvalue weighted by Gasteiger charge is -2.09. The highest BCUT2D eigenvalue weighted by Crippen LogP contribution is 2.23. The summed E-state index contributed by atoms with van der Waals surface area (Å²) in [6.45, 7) is 1.98. The van der Waals surface area contributed by atoms with Gasteiger partial charge in [0, 0.05) is 19.6 Å². The van der Waals surface area contributed by atoms with Crippen LogP contribution in [-0.4, -0.2) is 8.42 Å².